The topological polar surface area (TPSA) is 37.3 Å². The highest BCUT2D eigenvalue weighted by atomic mass is 19.3. The summed E-state index contributed by atoms with van der Waals surface area (Å²) in [5.41, 5.74) is 1.39. The maximum absolute atomic E-state index is 13.0. The lowest BCUT2D eigenvalue weighted by molar-refractivity contribution is -0.142. The molecule has 0 spiro atoms. The van der Waals surface area contributed by atoms with Crippen LogP contribution in [0.4, 0.5) is 8.78 Å². The zero-order valence-corrected chi connectivity index (χ0v) is 9.96. The van der Waals surface area contributed by atoms with Crippen molar-refractivity contribution in [1.82, 2.24) is 0 Å². The number of hydrogen-bond donors (Lipinski definition) is 1. The Bertz CT molecular complexity index is 567. The molecule has 0 saturated heterocycles. The zero-order chi connectivity index (χ0) is 13.8. The van der Waals surface area contributed by atoms with Crippen LogP contribution in [0.3, 0.4) is 0 Å². The maximum atomic E-state index is 13.0. The van der Waals surface area contributed by atoms with E-state index in [-0.39, 0.29) is 5.56 Å². The van der Waals surface area contributed by atoms with Crippen LogP contribution < -0.4 is 0 Å². The number of benzene rings is 2. The van der Waals surface area contributed by atoms with Gasteiger partial charge in [0.05, 0.1) is 0 Å². The normalized spacial score (nSPS) is 12.4. The average molecular weight is 262 g/mol. The molecule has 1 N–H and O–H groups in total. The molecule has 4 heteroatoms. The van der Waals surface area contributed by atoms with Crippen molar-refractivity contribution in [3.05, 3.63) is 60.2 Å². The Balaban J connectivity index is 2.56. The molecule has 0 aromatic heterocycles. The number of halogens is 2. The second-order valence-corrected chi connectivity index (χ2v) is 4.10. The average Bonchev–Trinajstić information content (AvgIpc) is 2.39. The summed E-state index contributed by atoms with van der Waals surface area (Å²) in [6, 6.07) is 15.3. The van der Waals surface area contributed by atoms with E-state index in [4.69, 9.17) is 5.11 Å². The predicted octanol–water partition coefficient (Wildman–Crippen LogP) is 3.79. The van der Waals surface area contributed by atoms with Gasteiger partial charge in [-0.2, -0.15) is 0 Å². The summed E-state index contributed by atoms with van der Waals surface area (Å²) in [5, 5.41) is 8.99. The number of carbonyl (C=O) groups is 1. The van der Waals surface area contributed by atoms with Gasteiger partial charge in [-0.1, -0.05) is 54.6 Å². The zero-order valence-electron chi connectivity index (χ0n) is 9.96. The molecule has 0 aliphatic rings. The van der Waals surface area contributed by atoms with Gasteiger partial charge in [0.2, 0.25) is 0 Å². The smallest absolute Gasteiger partial charge is 0.316 e. The van der Waals surface area contributed by atoms with Gasteiger partial charge in [0.15, 0.2) is 0 Å². The first-order valence-electron chi connectivity index (χ1n) is 5.76. The summed E-state index contributed by atoms with van der Waals surface area (Å²) < 4.78 is 25.9. The molecule has 2 aromatic carbocycles. The van der Waals surface area contributed by atoms with Crippen molar-refractivity contribution in [2.75, 3.05) is 0 Å². The van der Waals surface area contributed by atoms with Crippen molar-refractivity contribution < 1.29 is 18.7 Å². The molecule has 1 unspecified atom stereocenters. The quantitative estimate of drug-likeness (QED) is 0.910. The van der Waals surface area contributed by atoms with Crippen molar-refractivity contribution in [1.29, 1.82) is 0 Å². The first-order chi connectivity index (χ1) is 9.11. The van der Waals surface area contributed by atoms with E-state index in [9.17, 15) is 13.6 Å². The summed E-state index contributed by atoms with van der Waals surface area (Å²) >= 11 is 0. The monoisotopic (exact) mass is 262 g/mol. The van der Waals surface area contributed by atoms with E-state index in [1.54, 1.807) is 42.5 Å². The van der Waals surface area contributed by atoms with E-state index in [0.717, 1.165) is 5.56 Å². The van der Waals surface area contributed by atoms with Crippen molar-refractivity contribution in [2.45, 2.75) is 12.3 Å². The third kappa shape index (κ3) is 2.78. The van der Waals surface area contributed by atoms with Gasteiger partial charge in [0.25, 0.3) is 6.43 Å². The minimum Gasteiger partial charge on any atom is -0.481 e. The van der Waals surface area contributed by atoms with Gasteiger partial charge in [0, 0.05) is 0 Å². The molecule has 0 radical (unpaired) electrons. The van der Waals surface area contributed by atoms with Crippen LogP contribution in [-0.4, -0.2) is 17.5 Å². The van der Waals surface area contributed by atoms with Gasteiger partial charge in [-0.25, -0.2) is 8.78 Å². The summed E-state index contributed by atoms with van der Waals surface area (Å²) in [5.74, 6) is -3.32. The number of carboxylic acids is 1. The van der Waals surface area contributed by atoms with Gasteiger partial charge in [-0.05, 0) is 16.7 Å². The first kappa shape index (κ1) is 13.2. The van der Waals surface area contributed by atoms with Crippen LogP contribution in [0.15, 0.2) is 54.6 Å². The Morgan fingerprint density at radius 2 is 1.53 bits per heavy atom. The Kier molecular flexibility index (Phi) is 3.90. The molecule has 98 valence electrons. The molecule has 0 bridgehead atoms. The van der Waals surface area contributed by atoms with E-state index in [1.165, 1.54) is 6.07 Å². The number of alkyl halides is 2. The van der Waals surface area contributed by atoms with Gasteiger partial charge < -0.3 is 5.11 Å². The summed E-state index contributed by atoms with van der Waals surface area (Å²) in [7, 11) is 0. The highest BCUT2D eigenvalue weighted by molar-refractivity contribution is 5.81. The Morgan fingerprint density at radius 3 is 2.11 bits per heavy atom. The molecule has 19 heavy (non-hydrogen) atoms. The van der Waals surface area contributed by atoms with Crippen LogP contribution in [0, 0.1) is 0 Å². The van der Waals surface area contributed by atoms with E-state index in [1.807, 2.05) is 6.07 Å². The fraction of sp³-hybridized carbons (Fsp3) is 0.133. The van der Waals surface area contributed by atoms with Crippen LogP contribution in [0.2, 0.25) is 0 Å². The van der Waals surface area contributed by atoms with E-state index in [0.29, 0.717) is 5.56 Å². The SMILES string of the molecule is O=C(O)C(c1ccccc1-c1ccccc1)C(F)F. The van der Waals surface area contributed by atoms with Crippen molar-refractivity contribution in [3.8, 4) is 11.1 Å². The van der Waals surface area contributed by atoms with Crippen LogP contribution in [0.5, 0.6) is 0 Å². The summed E-state index contributed by atoms with van der Waals surface area (Å²) in [6.07, 6.45) is -2.94. The number of rotatable bonds is 4. The molecular formula is C15H12F2O2. The molecule has 0 amide bonds. The molecule has 0 aliphatic carbocycles. The first-order valence-corrected chi connectivity index (χ1v) is 5.76. The van der Waals surface area contributed by atoms with Crippen LogP contribution >= 0.6 is 0 Å². The van der Waals surface area contributed by atoms with Crippen molar-refractivity contribution >= 4 is 5.97 Å². The fourth-order valence-electron chi connectivity index (χ4n) is 2.03. The van der Waals surface area contributed by atoms with Gasteiger partial charge in [-0.3, -0.25) is 4.79 Å². The Hall–Kier alpha value is -2.23. The standard InChI is InChI=1S/C15H12F2O2/c16-14(17)13(15(18)19)12-9-5-4-8-11(12)10-6-2-1-3-7-10/h1-9,13-14H,(H,18,19). The predicted molar refractivity (Wildman–Crippen MR) is 68.3 cm³/mol. The largest absolute Gasteiger partial charge is 0.481 e. The third-order valence-corrected chi connectivity index (χ3v) is 2.90. The number of carboxylic acid groups (broad SMARTS) is 1. The van der Waals surface area contributed by atoms with Crippen molar-refractivity contribution in [3.63, 3.8) is 0 Å². The van der Waals surface area contributed by atoms with Crippen LogP contribution in [0.25, 0.3) is 11.1 Å². The molecular weight excluding hydrogens is 250 g/mol. The molecule has 2 aromatic rings. The Labute approximate surface area is 109 Å². The fourth-order valence-corrected chi connectivity index (χ4v) is 2.03. The van der Waals surface area contributed by atoms with Gasteiger partial charge >= 0.3 is 5.97 Å². The minimum absolute atomic E-state index is 0.135. The van der Waals surface area contributed by atoms with E-state index < -0.39 is 18.3 Å². The minimum atomic E-state index is -2.94. The molecule has 0 fully saturated rings. The van der Waals surface area contributed by atoms with E-state index in [2.05, 4.69) is 0 Å². The molecule has 2 rings (SSSR count). The molecule has 2 nitrogen and oxygen atoms in total. The number of hydrogen-bond acceptors (Lipinski definition) is 1. The molecule has 0 saturated carbocycles. The molecule has 0 aliphatic heterocycles. The van der Waals surface area contributed by atoms with E-state index >= 15 is 0 Å². The molecule has 0 heterocycles. The van der Waals surface area contributed by atoms with Gasteiger partial charge in [-0.15, -0.1) is 0 Å². The molecule has 1 atom stereocenters. The lowest BCUT2D eigenvalue weighted by Gasteiger charge is -2.16. The lowest BCUT2D eigenvalue weighted by atomic mass is 9.91. The highest BCUT2D eigenvalue weighted by Gasteiger charge is 2.31. The third-order valence-electron chi connectivity index (χ3n) is 2.90. The van der Waals surface area contributed by atoms with Crippen molar-refractivity contribution in [2.24, 2.45) is 0 Å². The van der Waals surface area contributed by atoms with Crippen LogP contribution in [0.1, 0.15) is 11.5 Å². The Morgan fingerprint density at radius 1 is 0.947 bits per heavy atom. The lowest BCUT2D eigenvalue weighted by Crippen LogP contribution is -2.20. The second kappa shape index (κ2) is 5.61. The second-order valence-electron chi connectivity index (χ2n) is 4.10. The van der Waals surface area contributed by atoms with Crippen LogP contribution in [-0.2, 0) is 4.79 Å². The summed E-state index contributed by atoms with van der Waals surface area (Å²) in [6.45, 7) is 0. The maximum Gasteiger partial charge on any atom is 0.316 e. The number of aliphatic carboxylic acids is 1. The van der Waals surface area contributed by atoms with Gasteiger partial charge in [0.1, 0.15) is 5.92 Å². The summed E-state index contributed by atoms with van der Waals surface area (Å²) in [4.78, 5) is 11.0. The highest BCUT2D eigenvalue weighted by Crippen LogP contribution is 2.32.